The van der Waals surface area contributed by atoms with Gasteiger partial charge in [-0.15, -0.1) is 0 Å². The van der Waals surface area contributed by atoms with Gasteiger partial charge in [0.05, 0.1) is 22.3 Å². The van der Waals surface area contributed by atoms with E-state index in [0.29, 0.717) is 41.2 Å². The van der Waals surface area contributed by atoms with Crippen molar-refractivity contribution in [1.82, 2.24) is 14.8 Å². The molecule has 0 aliphatic rings. The van der Waals surface area contributed by atoms with Gasteiger partial charge in [0.25, 0.3) is 5.91 Å². The number of sulfonamides is 1. The van der Waals surface area contributed by atoms with Gasteiger partial charge in [-0.2, -0.15) is 5.10 Å². The number of amides is 1. The van der Waals surface area contributed by atoms with Gasteiger partial charge in [0.1, 0.15) is 0 Å². The Morgan fingerprint density at radius 2 is 1.96 bits per heavy atom. The van der Waals surface area contributed by atoms with Crippen LogP contribution in [0.1, 0.15) is 35.5 Å². The lowest BCUT2D eigenvalue weighted by Crippen LogP contribution is -2.17. The fourth-order valence-corrected chi connectivity index (χ4v) is 3.84. The van der Waals surface area contributed by atoms with E-state index in [1.165, 1.54) is 12.3 Å². The molecule has 0 aliphatic heterocycles. The minimum Gasteiger partial charge on any atom is -0.322 e. The maximum Gasteiger partial charge on any atom is 0.259 e. The van der Waals surface area contributed by atoms with E-state index < -0.39 is 10.0 Å². The van der Waals surface area contributed by atoms with Gasteiger partial charge in [-0.05, 0) is 42.7 Å². The van der Waals surface area contributed by atoms with Crippen LogP contribution in [0.4, 0.5) is 5.69 Å². The van der Waals surface area contributed by atoms with E-state index in [0.717, 1.165) is 0 Å². The van der Waals surface area contributed by atoms with Gasteiger partial charge in [-0.25, -0.2) is 23.2 Å². The third kappa shape index (κ3) is 3.95. The van der Waals surface area contributed by atoms with Gasteiger partial charge in [0.2, 0.25) is 10.0 Å². The highest BCUT2D eigenvalue weighted by molar-refractivity contribution is 7.89. The molecule has 0 atom stereocenters. The number of benzene rings is 1. The van der Waals surface area contributed by atoms with Crippen LogP contribution in [-0.4, -0.2) is 29.1 Å². The third-order valence-electron chi connectivity index (χ3n) is 4.33. The van der Waals surface area contributed by atoms with Crippen molar-refractivity contribution in [2.75, 3.05) is 5.32 Å². The molecule has 2 aromatic heterocycles. The molecule has 0 radical (unpaired) electrons. The van der Waals surface area contributed by atoms with Gasteiger partial charge >= 0.3 is 0 Å². The molecule has 0 unspecified atom stereocenters. The molecule has 3 N–H and O–H groups in total. The van der Waals surface area contributed by atoms with Crippen LogP contribution < -0.4 is 10.5 Å². The Bertz CT molecular complexity index is 1110. The fraction of sp³-hybridized carbons (Fsp3) is 0.211. The zero-order valence-corrected chi connectivity index (χ0v) is 16.4. The maximum atomic E-state index is 12.8. The summed E-state index contributed by atoms with van der Waals surface area (Å²) >= 11 is 0. The summed E-state index contributed by atoms with van der Waals surface area (Å²) in [5, 5.41) is 12.3. The Morgan fingerprint density at radius 1 is 1.18 bits per heavy atom. The summed E-state index contributed by atoms with van der Waals surface area (Å²) < 4.78 is 25.3. The number of nitrogens with two attached hydrogens (primary N) is 1. The molecule has 0 aliphatic carbocycles. The molecule has 1 amide bonds. The number of carbonyl (C=O) groups is 1. The van der Waals surface area contributed by atoms with E-state index in [4.69, 9.17) is 5.14 Å². The number of nitrogens with zero attached hydrogens (tertiary/aromatic N) is 3. The van der Waals surface area contributed by atoms with Crippen molar-refractivity contribution in [1.29, 1.82) is 0 Å². The average molecular weight is 399 g/mol. The van der Waals surface area contributed by atoms with E-state index in [1.807, 2.05) is 19.9 Å². The highest BCUT2D eigenvalue weighted by Gasteiger charge is 2.19. The van der Waals surface area contributed by atoms with Crippen LogP contribution in [0.2, 0.25) is 0 Å². The first kappa shape index (κ1) is 19.7. The van der Waals surface area contributed by atoms with Crippen LogP contribution in [0, 0.1) is 0 Å². The number of primary sulfonamides is 1. The number of hydrogen-bond acceptors (Lipinski definition) is 5. The number of aromatic nitrogens is 3. The molecular weight excluding hydrogens is 378 g/mol. The first-order valence-electron chi connectivity index (χ1n) is 8.80. The van der Waals surface area contributed by atoms with Gasteiger partial charge in [-0.1, -0.05) is 26.0 Å². The summed E-state index contributed by atoms with van der Waals surface area (Å²) in [6.45, 7) is 3.75. The van der Waals surface area contributed by atoms with Crippen molar-refractivity contribution in [2.45, 2.75) is 31.6 Å². The lowest BCUT2D eigenvalue weighted by atomic mass is 10.1. The second-order valence-electron chi connectivity index (χ2n) is 6.13. The fourth-order valence-electron chi connectivity index (χ4n) is 2.97. The molecule has 0 saturated carbocycles. The highest BCUT2D eigenvalue weighted by Crippen LogP contribution is 2.22. The zero-order chi connectivity index (χ0) is 20.3. The molecule has 146 valence electrons. The average Bonchev–Trinajstić information content (AvgIpc) is 3.12. The number of anilines is 1. The minimum absolute atomic E-state index is 0.00713. The van der Waals surface area contributed by atoms with Crippen LogP contribution in [0.25, 0.3) is 5.82 Å². The van der Waals surface area contributed by atoms with Crippen molar-refractivity contribution in [3.05, 3.63) is 65.6 Å². The summed E-state index contributed by atoms with van der Waals surface area (Å²) in [4.78, 5) is 17.1. The predicted molar refractivity (Wildman–Crippen MR) is 106 cm³/mol. The first-order chi connectivity index (χ1) is 13.3. The van der Waals surface area contributed by atoms with E-state index in [1.54, 1.807) is 35.1 Å². The van der Waals surface area contributed by atoms with Crippen LogP contribution in [0.15, 0.2) is 53.7 Å². The molecular formula is C19H21N5O3S. The second kappa shape index (κ2) is 7.91. The summed E-state index contributed by atoms with van der Waals surface area (Å²) in [6.07, 6.45) is 4.21. The van der Waals surface area contributed by atoms with Gasteiger partial charge < -0.3 is 5.32 Å². The molecule has 1 aromatic carbocycles. The summed E-state index contributed by atoms with van der Waals surface area (Å²) in [7, 11) is -3.89. The van der Waals surface area contributed by atoms with Crippen molar-refractivity contribution in [3.63, 3.8) is 0 Å². The molecule has 0 spiro atoms. The number of rotatable bonds is 6. The van der Waals surface area contributed by atoms with E-state index >= 15 is 0 Å². The Labute approximate surface area is 163 Å². The molecule has 0 bridgehead atoms. The van der Waals surface area contributed by atoms with Crippen LogP contribution >= 0.6 is 0 Å². The lowest BCUT2D eigenvalue weighted by Gasteiger charge is -2.11. The summed E-state index contributed by atoms with van der Waals surface area (Å²) in [5.41, 5.74) is 2.04. The largest absolute Gasteiger partial charge is 0.322 e. The van der Waals surface area contributed by atoms with E-state index in [2.05, 4.69) is 15.4 Å². The Balaban J connectivity index is 1.93. The zero-order valence-electron chi connectivity index (χ0n) is 15.6. The van der Waals surface area contributed by atoms with Crippen LogP contribution in [0.5, 0.6) is 0 Å². The van der Waals surface area contributed by atoms with Crippen molar-refractivity contribution in [3.8, 4) is 5.82 Å². The van der Waals surface area contributed by atoms with E-state index in [-0.39, 0.29) is 10.8 Å². The Kier molecular flexibility index (Phi) is 5.57. The van der Waals surface area contributed by atoms with Crippen LogP contribution in [-0.2, 0) is 22.9 Å². The quantitative estimate of drug-likeness (QED) is 0.659. The highest BCUT2D eigenvalue weighted by atomic mass is 32.2. The maximum absolute atomic E-state index is 12.8. The van der Waals surface area contributed by atoms with E-state index in [9.17, 15) is 13.2 Å². The Morgan fingerprint density at radius 3 is 2.57 bits per heavy atom. The van der Waals surface area contributed by atoms with Crippen molar-refractivity contribution >= 4 is 21.6 Å². The van der Waals surface area contributed by atoms with Gasteiger partial charge in [-0.3, -0.25) is 4.79 Å². The first-order valence-corrected chi connectivity index (χ1v) is 10.3. The SMILES string of the molecule is CCc1ccc(NC(=O)c2cnn(-c3ccccn3)c2CC)cc1S(N)(=O)=O. The minimum atomic E-state index is -3.89. The topological polar surface area (TPSA) is 120 Å². The van der Waals surface area contributed by atoms with Crippen molar-refractivity contribution < 1.29 is 13.2 Å². The van der Waals surface area contributed by atoms with Crippen LogP contribution in [0.3, 0.4) is 0 Å². The third-order valence-corrected chi connectivity index (χ3v) is 5.32. The van der Waals surface area contributed by atoms with Gasteiger partial charge in [0.15, 0.2) is 5.82 Å². The number of aryl methyl sites for hydroxylation is 1. The number of hydrogen-bond donors (Lipinski definition) is 2. The predicted octanol–water partition coefficient (Wildman–Crippen LogP) is 2.29. The normalized spacial score (nSPS) is 11.4. The summed E-state index contributed by atoms with van der Waals surface area (Å²) in [6, 6.07) is 10.1. The molecule has 3 rings (SSSR count). The molecule has 0 fully saturated rings. The molecule has 28 heavy (non-hydrogen) atoms. The molecule has 2 heterocycles. The standard InChI is InChI=1S/C19H21N5O3S/c1-3-13-8-9-14(11-17(13)28(20,26)27)23-19(25)15-12-22-24(16(15)4-2)18-7-5-6-10-21-18/h5-12H,3-4H2,1-2H3,(H,23,25)(H2,20,26,27). The number of pyridine rings is 1. The number of carbonyl (C=O) groups excluding carboxylic acids is 1. The smallest absolute Gasteiger partial charge is 0.259 e. The Hall–Kier alpha value is -3.04. The summed E-state index contributed by atoms with van der Waals surface area (Å²) in [5.74, 6) is 0.228. The number of nitrogens with one attached hydrogen (secondary N) is 1. The second-order valence-corrected chi connectivity index (χ2v) is 7.66. The monoisotopic (exact) mass is 399 g/mol. The lowest BCUT2D eigenvalue weighted by molar-refractivity contribution is 0.102. The van der Waals surface area contributed by atoms with Gasteiger partial charge in [0, 0.05) is 11.9 Å². The molecule has 9 heteroatoms. The van der Waals surface area contributed by atoms with Crippen molar-refractivity contribution in [2.24, 2.45) is 5.14 Å². The molecule has 3 aromatic rings. The molecule has 8 nitrogen and oxygen atoms in total. The molecule has 0 saturated heterocycles.